The highest BCUT2D eigenvalue weighted by atomic mass is 32.2. The Bertz CT molecular complexity index is 255. The van der Waals surface area contributed by atoms with Crippen LogP contribution in [-0.4, -0.2) is 19.5 Å². The fraction of sp³-hybridized carbons (Fsp3) is 0.400. The summed E-state index contributed by atoms with van der Waals surface area (Å²) in [5, 5.41) is 0. The summed E-state index contributed by atoms with van der Waals surface area (Å²) in [5.41, 5.74) is 7.94. The second-order valence-electron chi connectivity index (χ2n) is 2.83. The lowest BCUT2D eigenvalue weighted by Crippen LogP contribution is -1.95. The molecule has 0 spiro atoms. The van der Waals surface area contributed by atoms with E-state index in [1.807, 2.05) is 12.1 Å². The van der Waals surface area contributed by atoms with Crippen molar-refractivity contribution in [1.82, 2.24) is 0 Å². The average molecular weight is 197 g/mol. The highest BCUT2D eigenvalue weighted by molar-refractivity contribution is 7.99. The van der Waals surface area contributed by atoms with Crippen LogP contribution in [0.3, 0.4) is 0 Å². The van der Waals surface area contributed by atoms with E-state index in [4.69, 9.17) is 10.5 Å². The van der Waals surface area contributed by atoms with Gasteiger partial charge in [0.1, 0.15) is 0 Å². The third kappa shape index (κ3) is 2.94. The number of hydrogen-bond donors (Lipinski definition) is 1. The minimum Gasteiger partial charge on any atom is -0.398 e. The van der Waals surface area contributed by atoms with Crippen LogP contribution in [0.1, 0.15) is 5.56 Å². The van der Waals surface area contributed by atoms with Crippen LogP contribution < -0.4 is 5.73 Å². The van der Waals surface area contributed by atoms with Gasteiger partial charge in [-0.3, -0.25) is 0 Å². The number of hydrogen-bond acceptors (Lipinski definition) is 3. The Hall–Kier alpha value is -0.670. The number of anilines is 1. The minimum atomic E-state index is 0.762. The number of aryl methyl sites for hydroxylation is 1. The first-order valence-corrected chi connectivity index (χ1v) is 5.21. The number of ether oxygens (including phenoxy) is 1. The molecule has 0 aliphatic heterocycles. The molecule has 3 heteroatoms. The Kier molecular flexibility index (Phi) is 4.12. The summed E-state index contributed by atoms with van der Waals surface area (Å²) in [6.45, 7) is 2.84. The van der Waals surface area contributed by atoms with E-state index in [-0.39, 0.29) is 0 Å². The van der Waals surface area contributed by atoms with Gasteiger partial charge in [-0.1, -0.05) is 12.1 Å². The maximum Gasteiger partial charge on any atom is 0.0556 e. The molecular weight excluding hydrogens is 182 g/mol. The van der Waals surface area contributed by atoms with E-state index in [2.05, 4.69) is 13.0 Å². The van der Waals surface area contributed by atoms with Crippen LogP contribution >= 0.6 is 11.8 Å². The predicted octanol–water partition coefficient (Wildman–Crippen LogP) is 2.32. The molecule has 2 N–H and O–H groups in total. The molecule has 0 radical (unpaired) electrons. The zero-order chi connectivity index (χ0) is 9.68. The van der Waals surface area contributed by atoms with Gasteiger partial charge in [0.15, 0.2) is 0 Å². The van der Waals surface area contributed by atoms with E-state index >= 15 is 0 Å². The Balaban J connectivity index is 2.64. The van der Waals surface area contributed by atoms with E-state index in [9.17, 15) is 0 Å². The molecule has 72 valence electrons. The van der Waals surface area contributed by atoms with Gasteiger partial charge in [0.05, 0.1) is 6.61 Å². The Labute approximate surface area is 83.5 Å². The molecule has 0 atom stereocenters. The summed E-state index contributed by atoms with van der Waals surface area (Å²) in [6.07, 6.45) is 0. The molecule has 0 amide bonds. The third-order valence-corrected chi connectivity index (χ3v) is 2.99. The van der Waals surface area contributed by atoms with E-state index in [0.29, 0.717) is 0 Å². The quantitative estimate of drug-likeness (QED) is 0.457. The monoisotopic (exact) mass is 197 g/mol. The van der Waals surface area contributed by atoms with Crippen molar-refractivity contribution in [2.24, 2.45) is 0 Å². The first kappa shape index (κ1) is 10.4. The van der Waals surface area contributed by atoms with E-state index < -0.39 is 0 Å². The molecule has 0 unspecified atom stereocenters. The molecule has 1 aromatic carbocycles. The average Bonchev–Trinajstić information content (AvgIpc) is 2.10. The van der Waals surface area contributed by atoms with Crippen LogP contribution in [0.15, 0.2) is 23.1 Å². The number of methoxy groups -OCH3 is 1. The van der Waals surface area contributed by atoms with Gasteiger partial charge in [-0.2, -0.15) is 0 Å². The zero-order valence-electron chi connectivity index (χ0n) is 8.04. The number of nitrogens with two attached hydrogens (primary N) is 1. The van der Waals surface area contributed by atoms with Gasteiger partial charge in [0.2, 0.25) is 0 Å². The van der Waals surface area contributed by atoms with Crippen LogP contribution in [0.5, 0.6) is 0 Å². The first-order valence-electron chi connectivity index (χ1n) is 4.22. The maximum absolute atomic E-state index is 5.84. The van der Waals surface area contributed by atoms with Gasteiger partial charge in [0.25, 0.3) is 0 Å². The molecule has 0 heterocycles. The van der Waals surface area contributed by atoms with E-state index in [1.54, 1.807) is 18.9 Å². The van der Waals surface area contributed by atoms with Crippen molar-refractivity contribution in [2.75, 3.05) is 25.2 Å². The Morgan fingerprint density at radius 2 is 2.23 bits per heavy atom. The van der Waals surface area contributed by atoms with Crippen molar-refractivity contribution >= 4 is 17.4 Å². The molecule has 0 fully saturated rings. The molecule has 2 nitrogen and oxygen atoms in total. The normalized spacial score (nSPS) is 10.3. The Morgan fingerprint density at radius 1 is 1.46 bits per heavy atom. The van der Waals surface area contributed by atoms with Crippen LogP contribution in [0.2, 0.25) is 0 Å². The molecule has 0 aliphatic rings. The van der Waals surface area contributed by atoms with Crippen LogP contribution in [-0.2, 0) is 4.74 Å². The summed E-state index contributed by atoms with van der Waals surface area (Å²) in [4.78, 5) is 1.18. The maximum atomic E-state index is 5.84. The van der Waals surface area contributed by atoms with Gasteiger partial charge in [-0.25, -0.2) is 0 Å². The van der Waals surface area contributed by atoms with Crippen LogP contribution in [0.25, 0.3) is 0 Å². The molecule has 0 bridgehead atoms. The highest BCUT2D eigenvalue weighted by Gasteiger charge is 2.02. The molecular formula is C10H15NOS. The molecule has 1 aromatic rings. The lowest BCUT2D eigenvalue weighted by Gasteiger charge is -2.07. The number of nitrogen functional groups attached to an aromatic ring is 1. The van der Waals surface area contributed by atoms with Gasteiger partial charge >= 0.3 is 0 Å². The molecule has 0 aliphatic carbocycles. The van der Waals surface area contributed by atoms with Gasteiger partial charge in [0, 0.05) is 23.4 Å². The van der Waals surface area contributed by atoms with Crippen molar-refractivity contribution in [2.45, 2.75) is 11.8 Å². The van der Waals surface area contributed by atoms with Crippen molar-refractivity contribution in [3.05, 3.63) is 23.8 Å². The summed E-state index contributed by atoms with van der Waals surface area (Å²) in [5.74, 6) is 0.950. The summed E-state index contributed by atoms with van der Waals surface area (Å²) >= 11 is 1.75. The second kappa shape index (κ2) is 5.14. The minimum absolute atomic E-state index is 0.762. The molecule has 0 saturated heterocycles. The zero-order valence-corrected chi connectivity index (χ0v) is 8.86. The number of thioether (sulfide) groups is 1. The SMILES string of the molecule is COCCSc1c(C)cccc1N. The smallest absolute Gasteiger partial charge is 0.0556 e. The molecule has 13 heavy (non-hydrogen) atoms. The third-order valence-electron chi connectivity index (χ3n) is 1.78. The molecule has 0 saturated carbocycles. The van der Waals surface area contributed by atoms with Crippen LogP contribution in [0, 0.1) is 6.92 Å². The lowest BCUT2D eigenvalue weighted by atomic mass is 10.2. The standard InChI is InChI=1S/C10H15NOS/c1-8-4-3-5-9(11)10(8)13-7-6-12-2/h3-5H,6-7,11H2,1-2H3. The molecule has 0 aromatic heterocycles. The fourth-order valence-corrected chi connectivity index (χ4v) is 2.08. The summed E-state index contributed by atoms with van der Waals surface area (Å²) in [7, 11) is 1.71. The van der Waals surface area contributed by atoms with Crippen molar-refractivity contribution < 1.29 is 4.74 Å². The predicted molar refractivity (Wildman–Crippen MR) is 58.2 cm³/mol. The second-order valence-corrected chi connectivity index (χ2v) is 3.94. The van der Waals surface area contributed by atoms with Gasteiger partial charge in [-0.15, -0.1) is 11.8 Å². The summed E-state index contributed by atoms with van der Waals surface area (Å²) in [6, 6.07) is 5.98. The van der Waals surface area contributed by atoms with E-state index in [0.717, 1.165) is 18.0 Å². The Morgan fingerprint density at radius 3 is 2.85 bits per heavy atom. The van der Waals surface area contributed by atoms with Crippen molar-refractivity contribution in [1.29, 1.82) is 0 Å². The first-order chi connectivity index (χ1) is 6.25. The number of benzene rings is 1. The largest absolute Gasteiger partial charge is 0.398 e. The van der Waals surface area contributed by atoms with Gasteiger partial charge < -0.3 is 10.5 Å². The van der Waals surface area contributed by atoms with E-state index in [1.165, 1.54) is 10.5 Å². The fourth-order valence-electron chi connectivity index (χ4n) is 1.10. The highest BCUT2D eigenvalue weighted by Crippen LogP contribution is 2.27. The number of rotatable bonds is 4. The van der Waals surface area contributed by atoms with Crippen molar-refractivity contribution in [3.63, 3.8) is 0 Å². The van der Waals surface area contributed by atoms with Gasteiger partial charge in [-0.05, 0) is 18.6 Å². The molecule has 1 rings (SSSR count). The lowest BCUT2D eigenvalue weighted by molar-refractivity contribution is 0.218. The topological polar surface area (TPSA) is 35.2 Å². The van der Waals surface area contributed by atoms with Crippen LogP contribution in [0.4, 0.5) is 5.69 Å². The van der Waals surface area contributed by atoms with Crippen molar-refractivity contribution in [3.8, 4) is 0 Å². The summed E-state index contributed by atoms with van der Waals surface area (Å²) < 4.78 is 4.98.